The number of aromatic nitrogens is 1. The molecule has 0 saturated heterocycles. The molecule has 1 aromatic carbocycles. The number of hydrogen-bond acceptors (Lipinski definition) is 3. The lowest BCUT2D eigenvalue weighted by Gasteiger charge is -2.30. The molecule has 0 fully saturated rings. The van der Waals surface area contributed by atoms with Crippen molar-refractivity contribution in [2.75, 3.05) is 20.1 Å². The Kier molecular flexibility index (Phi) is 5.58. The molecule has 0 spiro atoms. The zero-order valence-corrected chi connectivity index (χ0v) is 15.0. The molecular formula is C18H16ClF5N2O. The maximum atomic E-state index is 14.2. The fraction of sp³-hybridized carbons (Fsp3) is 0.389. The lowest BCUT2D eigenvalue weighted by molar-refractivity contribution is -0.145. The number of fused-ring (bicyclic) bond motifs is 1. The monoisotopic (exact) mass is 406 g/mol. The smallest absolute Gasteiger partial charge is 0.401 e. The number of hydrogen-bond donors (Lipinski definition) is 0. The number of halogens is 6. The molecule has 0 N–H and O–H groups in total. The van der Waals surface area contributed by atoms with Crippen LogP contribution in [0.1, 0.15) is 12.0 Å². The Bertz CT molecular complexity index is 843. The molecule has 1 aliphatic rings. The van der Waals surface area contributed by atoms with Gasteiger partial charge in [-0.2, -0.15) is 13.2 Å². The van der Waals surface area contributed by atoms with E-state index in [1.54, 1.807) is 0 Å². The summed E-state index contributed by atoms with van der Waals surface area (Å²) in [6.45, 7) is -0.984. The Labute approximate surface area is 157 Å². The molecule has 0 aliphatic carbocycles. The van der Waals surface area contributed by atoms with Crippen LogP contribution in [0.4, 0.5) is 22.0 Å². The minimum absolute atomic E-state index is 0.0526. The molecule has 1 aliphatic heterocycles. The van der Waals surface area contributed by atoms with E-state index in [1.165, 1.54) is 19.2 Å². The summed E-state index contributed by atoms with van der Waals surface area (Å²) in [7, 11) is 1.36. The van der Waals surface area contributed by atoms with Crippen molar-refractivity contribution in [1.82, 2.24) is 9.88 Å². The van der Waals surface area contributed by atoms with Gasteiger partial charge in [-0.25, -0.2) is 13.8 Å². The van der Waals surface area contributed by atoms with Gasteiger partial charge in [-0.15, -0.1) is 0 Å². The SMILES string of the molecule is CN(CC1CCc2c(-c3ccc(F)cc3F)cc(Cl)nc2O1)CC(F)(F)F. The average Bonchev–Trinajstić information content (AvgIpc) is 2.52. The maximum absolute atomic E-state index is 14.2. The Morgan fingerprint density at radius 1 is 1.22 bits per heavy atom. The third kappa shape index (κ3) is 4.87. The minimum atomic E-state index is -4.30. The summed E-state index contributed by atoms with van der Waals surface area (Å²) in [4.78, 5) is 5.21. The number of alkyl halides is 3. The van der Waals surface area contributed by atoms with Crippen LogP contribution in [-0.2, 0) is 6.42 Å². The summed E-state index contributed by atoms with van der Waals surface area (Å²) in [6.07, 6.45) is -3.93. The molecule has 1 atom stereocenters. The Balaban J connectivity index is 1.85. The molecule has 1 aromatic heterocycles. The average molecular weight is 407 g/mol. The van der Waals surface area contributed by atoms with Gasteiger partial charge in [0, 0.05) is 23.7 Å². The molecule has 2 aromatic rings. The van der Waals surface area contributed by atoms with Crippen molar-refractivity contribution in [3.63, 3.8) is 0 Å². The normalized spacial score (nSPS) is 17.0. The minimum Gasteiger partial charge on any atom is -0.473 e. The highest BCUT2D eigenvalue weighted by Gasteiger charge is 2.32. The summed E-state index contributed by atoms with van der Waals surface area (Å²) < 4.78 is 70.5. The Morgan fingerprint density at radius 3 is 2.63 bits per heavy atom. The molecule has 0 saturated carbocycles. The number of benzene rings is 1. The van der Waals surface area contributed by atoms with E-state index in [-0.39, 0.29) is 23.1 Å². The van der Waals surface area contributed by atoms with E-state index in [1.807, 2.05) is 0 Å². The highest BCUT2D eigenvalue weighted by atomic mass is 35.5. The molecule has 27 heavy (non-hydrogen) atoms. The molecule has 2 heterocycles. The van der Waals surface area contributed by atoms with Gasteiger partial charge < -0.3 is 4.74 Å². The topological polar surface area (TPSA) is 25.4 Å². The van der Waals surface area contributed by atoms with Gasteiger partial charge in [-0.3, -0.25) is 4.90 Å². The molecule has 1 unspecified atom stereocenters. The van der Waals surface area contributed by atoms with Gasteiger partial charge in [0.15, 0.2) is 0 Å². The van der Waals surface area contributed by atoms with Crippen molar-refractivity contribution < 1.29 is 26.7 Å². The van der Waals surface area contributed by atoms with E-state index in [0.29, 0.717) is 24.0 Å². The number of rotatable bonds is 4. The number of pyridine rings is 1. The van der Waals surface area contributed by atoms with Crippen molar-refractivity contribution in [3.05, 3.63) is 46.6 Å². The molecule has 0 amide bonds. The van der Waals surface area contributed by atoms with E-state index >= 15 is 0 Å². The van der Waals surface area contributed by atoms with E-state index in [9.17, 15) is 22.0 Å². The predicted molar refractivity (Wildman–Crippen MR) is 90.9 cm³/mol. The lowest BCUT2D eigenvalue weighted by atomic mass is 9.95. The number of nitrogens with zero attached hydrogens (tertiary/aromatic N) is 2. The third-order valence-electron chi connectivity index (χ3n) is 4.24. The quantitative estimate of drug-likeness (QED) is 0.535. The first-order chi connectivity index (χ1) is 12.6. The first-order valence-corrected chi connectivity index (χ1v) is 8.57. The van der Waals surface area contributed by atoms with Crippen LogP contribution in [0, 0.1) is 11.6 Å². The summed E-state index contributed by atoms with van der Waals surface area (Å²) in [5.41, 5.74) is 1.19. The Morgan fingerprint density at radius 2 is 1.96 bits per heavy atom. The fourth-order valence-corrected chi connectivity index (χ4v) is 3.36. The standard InChI is InChI=1S/C18H16ClF5N2O/c1-26(9-18(22,23)24)8-11-3-5-13-14(7-16(19)25-17(13)27-11)12-4-2-10(20)6-15(12)21/h2,4,6-7,11H,3,5,8-9H2,1H3. The van der Waals surface area contributed by atoms with Gasteiger partial charge in [0.2, 0.25) is 5.88 Å². The van der Waals surface area contributed by atoms with Crippen LogP contribution in [0.2, 0.25) is 5.15 Å². The van der Waals surface area contributed by atoms with Crippen LogP contribution in [0.15, 0.2) is 24.3 Å². The molecule has 3 nitrogen and oxygen atoms in total. The van der Waals surface area contributed by atoms with Crippen molar-refractivity contribution in [2.24, 2.45) is 0 Å². The van der Waals surface area contributed by atoms with E-state index < -0.39 is 30.5 Å². The highest BCUT2D eigenvalue weighted by molar-refractivity contribution is 6.29. The van der Waals surface area contributed by atoms with Gasteiger partial charge in [-0.1, -0.05) is 11.6 Å². The first kappa shape index (κ1) is 19.8. The number of ether oxygens (including phenoxy) is 1. The van der Waals surface area contributed by atoms with Crippen LogP contribution in [0.3, 0.4) is 0 Å². The molecule has 3 rings (SSSR count). The van der Waals surface area contributed by atoms with Crippen molar-refractivity contribution >= 4 is 11.6 Å². The molecule has 0 radical (unpaired) electrons. The summed E-state index contributed by atoms with van der Waals surface area (Å²) in [5, 5.41) is 0.0526. The molecule has 9 heteroatoms. The molecule has 0 bridgehead atoms. The largest absolute Gasteiger partial charge is 0.473 e. The predicted octanol–water partition coefficient (Wildman–Crippen LogP) is 4.87. The Hall–Kier alpha value is -1.93. The highest BCUT2D eigenvalue weighted by Crippen LogP contribution is 2.37. The van der Waals surface area contributed by atoms with Gasteiger partial charge in [0.1, 0.15) is 22.9 Å². The van der Waals surface area contributed by atoms with Crippen molar-refractivity contribution in [3.8, 4) is 17.0 Å². The van der Waals surface area contributed by atoms with E-state index in [4.69, 9.17) is 16.3 Å². The van der Waals surface area contributed by atoms with E-state index in [0.717, 1.165) is 17.0 Å². The van der Waals surface area contributed by atoms with Crippen LogP contribution >= 0.6 is 11.6 Å². The van der Waals surface area contributed by atoms with Crippen LogP contribution in [-0.4, -0.2) is 42.3 Å². The molecular weight excluding hydrogens is 391 g/mol. The van der Waals surface area contributed by atoms with Crippen molar-refractivity contribution in [1.29, 1.82) is 0 Å². The summed E-state index contributed by atoms with van der Waals surface area (Å²) in [5.74, 6) is -1.28. The maximum Gasteiger partial charge on any atom is 0.401 e. The summed E-state index contributed by atoms with van der Waals surface area (Å²) in [6, 6.07) is 4.68. The second-order valence-electron chi connectivity index (χ2n) is 6.49. The second kappa shape index (κ2) is 7.59. The second-order valence-corrected chi connectivity index (χ2v) is 6.88. The van der Waals surface area contributed by atoms with Crippen LogP contribution in [0.25, 0.3) is 11.1 Å². The van der Waals surface area contributed by atoms with Crippen molar-refractivity contribution in [2.45, 2.75) is 25.1 Å². The van der Waals surface area contributed by atoms with Gasteiger partial charge in [0.25, 0.3) is 0 Å². The zero-order valence-electron chi connectivity index (χ0n) is 14.3. The van der Waals surface area contributed by atoms with Crippen LogP contribution < -0.4 is 4.74 Å². The lowest BCUT2D eigenvalue weighted by Crippen LogP contribution is -2.40. The molecule has 146 valence electrons. The van der Waals surface area contributed by atoms with Gasteiger partial charge >= 0.3 is 6.18 Å². The summed E-state index contributed by atoms with van der Waals surface area (Å²) >= 11 is 6.01. The zero-order chi connectivity index (χ0) is 19.8. The fourth-order valence-electron chi connectivity index (χ4n) is 3.17. The van der Waals surface area contributed by atoms with E-state index in [2.05, 4.69) is 4.98 Å². The number of likely N-dealkylation sites (N-methyl/N-ethyl adjacent to an activating group) is 1. The third-order valence-corrected chi connectivity index (χ3v) is 4.43. The first-order valence-electron chi connectivity index (χ1n) is 8.19. The van der Waals surface area contributed by atoms with Gasteiger partial charge in [-0.05, 0) is 43.7 Å². The van der Waals surface area contributed by atoms with Gasteiger partial charge in [0.05, 0.1) is 6.54 Å². The van der Waals surface area contributed by atoms with Crippen LogP contribution in [0.5, 0.6) is 5.88 Å².